The molecule has 0 radical (unpaired) electrons. The molecule has 1 unspecified atom stereocenters. The van der Waals surface area contributed by atoms with E-state index >= 15 is 0 Å². The number of rotatable bonds is 4. The first-order valence-electron chi connectivity index (χ1n) is 6.43. The number of primary sulfonamides is 1. The lowest BCUT2D eigenvalue weighted by molar-refractivity contribution is 0.0771. The molecule has 1 aromatic carbocycles. The van der Waals surface area contributed by atoms with Gasteiger partial charge >= 0.3 is 0 Å². The number of likely N-dealkylation sites (tertiary alicyclic amines) is 1. The SMILES string of the molecule is COCC1CCN(C(=O)c2cc(F)ccc2S(N)(=O)=O)C1. The lowest BCUT2D eigenvalue weighted by Crippen LogP contribution is -2.31. The van der Waals surface area contributed by atoms with E-state index in [1.54, 1.807) is 7.11 Å². The minimum Gasteiger partial charge on any atom is -0.384 e. The maximum Gasteiger partial charge on any atom is 0.255 e. The molecule has 21 heavy (non-hydrogen) atoms. The van der Waals surface area contributed by atoms with Gasteiger partial charge in [0.1, 0.15) is 5.82 Å². The zero-order chi connectivity index (χ0) is 15.6. The number of carbonyl (C=O) groups is 1. The summed E-state index contributed by atoms with van der Waals surface area (Å²) >= 11 is 0. The molecule has 116 valence electrons. The van der Waals surface area contributed by atoms with Crippen LogP contribution in [0, 0.1) is 11.7 Å². The molecule has 0 spiro atoms. The summed E-state index contributed by atoms with van der Waals surface area (Å²) in [5.74, 6) is -1.01. The quantitative estimate of drug-likeness (QED) is 0.880. The summed E-state index contributed by atoms with van der Waals surface area (Å²) in [6.45, 7) is 1.45. The van der Waals surface area contributed by atoms with Crippen molar-refractivity contribution in [3.63, 3.8) is 0 Å². The van der Waals surface area contributed by atoms with Crippen molar-refractivity contribution in [1.29, 1.82) is 0 Å². The molecule has 8 heteroatoms. The molecule has 0 aromatic heterocycles. The van der Waals surface area contributed by atoms with Crippen LogP contribution < -0.4 is 5.14 Å². The van der Waals surface area contributed by atoms with Crippen LogP contribution in [0.4, 0.5) is 4.39 Å². The third kappa shape index (κ3) is 3.58. The van der Waals surface area contributed by atoms with Crippen LogP contribution in [0.25, 0.3) is 0 Å². The Morgan fingerprint density at radius 2 is 2.24 bits per heavy atom. The van der Waals surface area contributed by atoms with Gasteiger partial charge < -0.3 is 9.64 Å². The Kier molecular flexibility index (Phi) is 4.60. The lowest BCUT2D eigenvalue weighted by Gasteiger charge is -2.18. The third-order valence-electron chi connectivity index (χ3n) is 3.45. The number of benzene rings is 1. The standard InChI is InChI=1S/C13H17FN2O4S/c1-20-8-9-4-5-16(7-9)13(17)11-6-10(14)2-3-12(11)21(15,18)19/h2-3,6,9H,4-5,7-8H2,1H3,(H2,15,18,19). The van der Waals surface area contributed by atoms with Crippen molar-refractivity contribution in [1.82, 2.24) is 4.90 Å². The number of hydrogen-bond donors (Lipinski definition) is 1. The lowest BCUT2D eigenvalue weighted by atomic mass is 10.1. The van der Waals surface area contributed by atoms with Crippen LogP contribution >= 0.6 is 0 Å². The second-order valence-electron chi connectivity index (χ2n) is 5.05. The van der Waals surface area contributed by atoms with Gasteiger partial charge in [-0.3, -0.25) is 4.79 Å². The summed E-state index contributed by atoms with van der Waals surface area (Å²) in [4.78, 5) is 13.6. The number of amides is 1. The van der Waals surface area contributed by atoms with Crippen molar-refractivity contribution in [2.24, 2.45) is 11.1 Å². The molecule has 1 saturated heterocycles. The Labute approximate surface area is 122 Å². The monoisotopic (exact) mass is 316 g/mol. The fraction of sp³-hybridized carbons (Fsp3) is 0.462. The third-order valence-corrected chi connectivity index (χ3v) is 4.42. The van der Waals surface area contributed by atoms with E-state index in [0.717, 1.165) is 24.6 Å². The van der Waals surface area contributed by atoms with Crippen LogP contribution in [0.1, 0.15) is 16.8 Å². The van der Waals surface area contributed by atoms with Gasteiger partial charge in [0.2, 0.25) is 10.0 Å². The van der Waals surface area contributed by atoms with Crippen molar-refractivity contribution in [3.8, 4) is 0 Å². The highest BCUT2D eigenvalue weighted by Crippen LogP contribution is 2.23. The van der Waals surface area contributed by atoms with Crippen LogP contribution in [0.5, 0.6) is 0 Å². The van der Waals surface area contributed by atoms with E-state index in [1.807, 2.05) is 0 Å². The largest absolute Gasteiger partial charge is 0.384 e. The molecule has 1 aliphatic rings. The zero-order valence-corrected chi connectivity index (χ0v) is 12.4. The molecule has 1 amide bonds. The summed E-state index contributed by atoms with van der Waals surface area (Å²) in [7, 11) is -2.51. The molecule has 0 saturated carbocycles. The molecule has 2 rings (SSSR count). The molecular formula is C13H17FN2O4S. The Morgan fingerprint density at radius 3 is 2.86 bits per heavy atom. The molecule has 1 fully saturated rings. The van der Waals surface area contributed by atoms with Crippen molar-refractivity contribution in [2.45, 2.75) is 11.3 Å². The average Bonchev–Trinajstić information content (AvgIpc) is 2.85. The smallest absolute Gasteiger partial charge is 0.255 e. The molecule has 1 aromatic rings. The van der Waals surface area contributed by atoms with Gasteiger partial charge in [-0.05, 0) is 24.6 Å². The summed E-state index contributed by atoms with van der Waals surface area (Å²) in [5.41, 5.74) is -0.226. The van der Waals surface area contributed by atoms with E-state index in [9.17, 15) is 17.6 Å². The van der Waals surface area contributed by atoms with Gasteiger partial charge in [-0.2, -0.15) is 0 Å². The van der Waals surface area contributed by atoms with Gasteiger partial charge in [0.25, 0.3) is 5.91 Å². The highest BCUT2D eigenvalue weighted by molar-refractivity contribution is 7.89. The van der Waals surface area contributed by atoms with Gasteiger partial charge in [-0.15, -0.1) is 0 Å². The highest BCUT2D eigenvalue weighted by atomic mass is 32.2. The maximum atomic E-state index is 13.4. The number of hydrogen-bond acceptors (Lipinski definition) is 4. The van der Waals surface area contributed by atoms with Crippen LogP contribution in [0.15, 0.2) is 23.1 Å². The molecule has 0 aliphatic carbocycles. The average molecular weight is 316 g/mol. The molecule has 0 bridgehead atoms. The van der Waals surface area contributed by atoms with Crippen molar-refractivity contribution in [3.05, 3.63) is 29.6 Å². The number of nitrogens with two attached hydrogens (primary N) is 1. The Balaban J connectivity index is 2.30. The van der Waals surface area contributed by atoms with Crippen LogP contribution in [0.3, 0.4) is 0 Å². The summed E-state index contributed by atoms with van der Waals surface area (Å²) in [6, 6.07) is 2.89. The Morgan fingerprint density at radius 1 is 1.52 bits per heavy atom. The van der Waals surface area contributed by atoms with Crippen LogP contribution in [-0.4, -0.2) is 46.0 Å². The van der Waals surface area contributed by atoms with Gasteiger partial charge in [0.05, 0.1) is 17.1 Å². The minimum absolute atomic E-state index is 0.199. The second kappa shape index (κ2) is 6.08. The summed E-state index contributed by atoms with van der Waals surface area (Å²) < 4.78 is 41.4. The van der Waals surface area contributed by atoms with E-state index in [0.29, 0.717) is 19.7 Å². The first-order chi connectivity index (χ1) is 9.82. The Hall–Kier alpha value is -1.51. The fourth-order valence-corrected chi connectivity index (χ4v) is 3.19. The number of carbonyl (C=O) groups excluding carboxylic acids is 1. The van der Waals surface area contributed by atoms with Gasteiger partial charge in [0, 0.05) is 26.1 Å². The van der Waals surface area contributed by atoms with Crippen LogP contribution in [0.2, 0.25) is 0 Å². The summed E-state index contributed by atoms with van der Waals surface area (Å²) in [5, 5.41) is 5.08. The predicted molar refractivity (Wildman–Crippen MR) is 73.7 cm³/mol. The van der Waals surface area contributed by atoms with Gasteiger partial charge in [0.15, 0.2) is 0 Å². The molecule has 1 atom stereocenters. The van der Waals surface area contributed by atoms with E-state index in [2.05, 4.69) is 0 Å². The number of methoxy groups -OCH3 is 1. The first-order valence-corrected chi connectivity index (χ1v) is 7.98. The maximum absolute atomic E-state index is 13.4. The molecule has 6 nitrogen and oxygen atoms in total. The van der Waals surface area contributed by atoms with Crippen LogP contribution in [-0.2, 0) is 14.8 Å². The number of halogens is 1. The first kappa shape index (κ1) is 15.9. The van der Waals surface area contributed by atoms with E-state index < -0.39 is 21.7 Å². The number of ether oxygens (including phenoxy) is 1. The predicted octanol–water partition coefficient (Wildman–Crippen LogP) is 0.582. The van der Waals surface area contributed by atoms with Gasteiger partial charge in [-0.1, -0.05) is 0 Å². The normalized spacial score (nSPS) is 19.0. The van der Waals surface area contributed by atoms with Crippen molar-refractivity contribution >= 4 is 15.9 Å². The van der Waals surface area contributed by atoms with E-state index in [-0.39, 0.29) is 16.4 Å². The Bertz CT molecular complexity index is 648. The highest BCUT2D eigenvalue weighted by Gasteiger charge is 2.30. The number of sulfonamides is 1. The second-order valence-corrected chi connectivity index (χ2v) is 6.58. The van der Waals surface area contributed by atoms with E-state index in [4.69, 9.17) is 9.88 Å². The van der Waals surface area contributed by atoms with Gasteiger partial charge in [-0.25, -0.2) is 17.9 Å². The number of nitrogens with zero attached hydrogens (tertiary/aromatic N) is 1. The fourth-order valence-electron chi connectivity index (χ4n) is 2.48. The van der Waals surface area contributed by atoms with E-state index in [1.165, 1.54) is 4.90 Å². The molecule has 1 aliphatic heterocycles. The zero-order valence-electron chi connectivity index (χ0n) is 11.6. The van der Waals surface area contributed by atoms with Crippen molar-refractivity contribution in [2.75, 3.05) is 26.8 Å². The van der Waals surface area contributed by atoms with Crippen molar-refractivity contribution < 1.29 is 22.3 Å². The minimum atomic E-state index is -4.09. The molecular weight excluding hydrogens is 299 g/mol. The molecule has 1 heterocycles. The topological polar surface area (TPSA) is 89.7 Å². The summed E-state index contributed by atoms with van der Waals surface area (Å²) in [6.07, 6.45) is 0.763. The molecule has 2 N–H and O–H groups in total.